The Morgan fingerprint density at radius 2 is 2.22 bits per heavy atom. The highest BCUT2D eigenvalue weighted by Crippen LogP contribution is 2.52. The molecule has 0 bridgehead atoms. The number of nitrogens with zero attached hydrogens (tertiary/aromatic N) is 1. The van der Waals surface area contributed by atoms with Gasteiger partial charge in [0.1, 0.15) is 5.82 Å². The summed E-state index contributed by atoms with van der Waals surface area (Å²) in [6.07, 6.45) is 2.49. The predicted molar refractivity (Wildman–Crippen MR) is 73.5 cm³/mol. The Balaban J connectivity index is 1.84. The lowest BCUT2D eigenvalue weighted by atomic mass is 9.96. The van der Waals surface area contributed by atoms with Crippen LogP contribution in [0.1, 0.15) is 18.4 Å². The zero-order chi connectivity index (χ0) is 12.9. The molecular weight excluding hydrogens is 296 g/mol. The minimum atomic E-state index is -0.240. The number of hydrogen-bond acceptors (Lipinski definition) is 2. The molecular formula is C13H14BBrFNO. The zero-order valence-electron chi connectivity index (χ0n) is 10.2. The van der Waals surface area contributed by atoms with E-state index in [1.807, 2.05) is 14.0 Å². The molecule has 1 spiro atoms. The number of ketones is 1. The maximum atomic E-state index is 13.9. The maximum absolute atomic E-state index is 13.9. The molecule has 2 nitrogen and oxygen atoms in total. The Kier molecular flexibility index (Phi) is 2.86. The maximum Gasteiger partial charge on any atom is 0.186 e. The molecule has 0 N–H and O–H groups in total. The number of halogens is 2. The van der Waals surface area contributed by atoms with Crippen LogP contribution in [-0.4, -0.2) is 31.2 Å². The second-order valence-electron chi connectivity index (χ2n) is 5.49. The van der Waals surface area contributed by atoms with Crippen LogP contribution in [0.5, 0.6) is 0 Å². The van der Waals surface area contributed by atoms with Crippen molar-refractivity contribution in [3.63, 3.8) is 0 Å². The number of carbonyl (C=O) groups is 1. The SMILES string of the molecule is BN1CC2(CC2)C(=O)C1Cc1cccc(Br)c1F. The Labute approximate surface area is 115 Å². The molecule has 1 saturated carbocycles. The van der Waals surface area contributed by atoms with E-state index in [4.69, 9.17) is 0 Å². The van der Waals surface area contributed by atoms with Crippen LogP contribution in [0.3, 0.4) is 0 Å². The molecule has 2 fully saturated rings. The molecule has 1 aliphatic heterocycles. The number of rotatable bonds is 2. The highest BCUT2D eigenvalue weighted by Gasteiger charge is 2.57. The van der Waals surface area contributed by atoms with Gasteiger partial charge in [0.25, 0.3) is 0 Å². The fourth-order valence-electron chi connectivity index (χ4n) is 2.94. The lowest BCUT2D eigenvalue weighted by Crippen LogP contribution is -2.33. The van der Waals surface area contributed by atoms with Gasteiger partial charge in [-0.3, -0.25) is 4.79 Å². The van der Waals surface area contributed by atoms with Gasteiger partial charge in [0.05, 0.1) is 10.5 Å². The molecule has 1 aromatic carbocycles. The quantitative estimate of drug-likeness (QED) is 0.775. The number of hydrogen-bond donors (Lipinski definition) is 0. The summed E-state index contributed by atoms with van der Waals surface area (Å²) in [4.78, 5) is 14.4. The molecule has 0 aromatic heterocycles. The van der Waals surface area contributed by atoms with Crippen LogP contribution in [0.2, 0.25) is 0 Å². The largest absolute Gasteiger partial charge is 0.339 e. The molecule has 1 saturated heterocycles. The molecule has 3 rings (SSSR count). The van der Waals surface area contributed by atoms with E-state index in [0.29, 0.717) is 22.2 Å². The van der Waals surface area contributed by atoms with Gasteiger partial charge in [-0.2, -0.15) is 0 Å². The molecule has 1 heterocycles. The second kappa shape index (κ2) is 4.17. The molecule has 1 aromatic rings. The van der Waals surface area contributed by atoms with Crippen LogP contribution in [0.25, 0.3) is 0 Å². The first-order valence-electron chi connectivity index (χ1n) is 6.21. The molecule has 0 amide bonds. The topological polar surface area (TPSA) is 20.3 Å². The van der Waals surface area contributed by atoms with Gasteiger partial charge in [-0.15, -0.1) is 0 Å². The fourth-order valence-corrected chi connectivity index (χ4v) is 3.34. The molecule has 2 aliphatic rings. The molecule has 18 heavy (non-hydrogen) atoms. The molecule has 1 aliphatic carbocycles. The Morgan fingerprint density at radius 3 is 2.83 bits per heavy atom. The van der Waals surface area contributed by atoms with Gasteiger partial charge in [0, 0.05) is 12.0 Å². The van der Waals surface area contributed by atoms with Gasteiger partial charge in [-0.25, -0.2) is 4.39 Å². The first-order valence-corrected chi connectivity index (χ1v) is 7.00. The van der Waals surface area contributed by atoms with Crippen molar-refractivity contribution in [2.75, 3.05) is 6.54 Å². The van der Waals surface area contributed by atoms with E-state index in [1.165, 1.54) is 0 Å². The number of carbonyl (C=O) groups excluding carboxylic acids is 1. The zero-order valence-corrected chi connectivity index (χ0v) is 11.8. The predicted octanol–water partition coefficient (Wildman–Crippen LogP) is 1.71. The second-order valence-corrected chi connectivity index (χ2v) is 6.35. The number of benzene rings is 1. The van der Waals surface area contributed by atoms with Gasteiger partial charge < -0.3 is 4.81 Å². The fraction of sp³-hybridized carbons (Fsp3) is 0.462. The van der Waals surface area contributed by atoms with E-state index in [-0.39, 0.29) is 17.3 Å². The van der Waals surface area contributed by atoms with E-state index in [2.05, 4.69) is 20.7 Å². The van der Waals surface area contributed by atoms with Crippen LogP contribution in [0, 0.1) is 11.2 Å². The third-order valence-corrected chi connectivity index (χ3v) is 4.82. The van der Waals surface area contributed by atoms with E-state index in [9.17, 15) is 9.18 Å². The van der Waals surface area contributed by atoms with Crippen molar-refractivity contribution in [3.05, 3.63) is 34.1 Å². The van der Waals surface area contributed by atoms with Crippen molar-refractivity contribution in [2.45, 2.75) is 25.3 Å². The summed E-state index contributed by atoms with van der Waals surface area (Å²) in [5.41, 5.74) is 0.536. The van der Waals surface area contributed by atoms with Crippen LogP contribution in [0.15, 0.2) is 22.7 Å². The van der Waals surface area contributed by atoms with E-state index >= 15 is 0 Å². The molecule has 1 atom stereocenters. The minimum absolute atomic E-state index is 0.0814. The molecule has 94 valence electrons. The first kappa shape index (κ1) is 12.4. The summed E-state index contributed by atoms with van der Waals surface area (Å²) < 4.78 is 14.4. The average Bonchev–Trinajstić information content (AvgIpc) is 3.06. The molecule has 5 heteroatoms. The molecule has 1 unspecified atom stereocenters. The van der Waals surface area contributed by atoms with Crippen molar-refractivity contribution in [2.24, 2.45) is 5.41 Å². The standard InChI is InChI=1S/C13H14BBrFNO/c14-17-7-13(4-5-13)12(18)10(17)6-8-2-1-3-9(15)11(8)16/h1-3,10H,4-7,14H2. The average molecular weight is 310 g/mol. The van der Waals surface area contributed by atoms with Crippen LogP contribution in [-0.2, 0) is 11.2 Å². The van der Waals surface area contributed by atoms with Crippen molar-refractivity contribution in [3.8, 4) is 0 Å². The summed E-state index contributed by atoms with van der Waals surface area (Å²) >= 11 is 3.19. The van der Waals surface area contributed by atoms with Gasteiger partial charge in [0.2, 0.25) is 0 Å². The van der Waals surface area contributed by atoms with Gasteiger partial charge in [-0.1, -0.05) is 12.1 Å². The highest BCUT2D eigenvalue weighted by atomic mass is 79.9. The summed E-state index contributed by atoms with van der Waals surface area (Å²) in [5, 5.41) is 0. The summed E-state index contributed by atoms with van der Waals surface area (Å²) in [6.45, 7) is 0.839. The third-order valence-electron chi connectivity index (χ3n) is 4.21. The van der Waals surface area contributed by atoms with Crippen LogP contribution >= 0.6 is 15.9 Å². The van der Waals surface area contributed by atoms with Crippen LogP contribution < -0.4 is 0 Å². The van der Waals surface area contributed by atoms with Crippen LogP contribution in [0.4, 0.5) is 4.39 Å². The Morgan fingerprint density at radius 1 is 1.50 bits per heavy atom. The highest BCUT2D eigenvalue weighted by molar-refractivity contribution is 9.10. The monoisotopic (exact) mass is 309 g/mol. The minimum Gasteiger partial charge on any atom is -0.339 e. The number of Topliss-reactive ketones (excluding diaryl/α,β-unsaturated/α-hetero) is 1. The van der Waals surface area contributed by atoms with E-state index < -0.39 is 0 Å². The van der Waals surface area contributed by atoms with E-state index in [0.717, 1.165) is 19.4 Å². The lowest BCUT2D eigenvalue weighted by molar-refractivity contribution is -0.123. The Bertz CT molecular complexity index is 518. The van der Waals surface area contributed by atoms with Gasteiger partial charge in [-0.05, 0) is 46.8 Å². The summed E-state index contributed by atoms with van der Waals surface area (Å²) in [5.74, 6) is 0.0693. The van der Waals surface area contributed by atoms with Crippen molar-refractivity contribution < 1.29 is 9.18 Å². The summed E-state index contributed by atoms with van der Waals surface area (Å²) in [6, 6.07) is 5.10. The first-order chi connectivity index (χ1) is 8.53. The van der Waals surface area contributed by atoms with Crippen molar-refractivity contribution >= 4 is 29.7 Å². The normalized spacial score (nSPS) is 25.9. The lowest BCUT2D eigenvalue weighted by Gasteiger charge is -2.18. The van der Waals surface area contributed by atoms with Gasteiger partial charge in [0.15, 0.2) is 13.8 Å². The van der Waals surface area contributed by atoms with Crippen molar-refractivity contribution in [1.82, 2.24) is 4.81 Å². The third kappa shape index (κ3) is 1.84. The van der Waals surface area contributed by atoms with Gasteiger partial charge >= 0.3 is 0 Å². The molecule has 0 radical (unpaired) electrons. The summed E-state index contributed by atoms with van der Waals surface area (Å²) in [7, 11) is 1.96. The smallest absolute Gasteiger partial charge is 0.186 e. The van der Waals surface area contributed by atoms with Crippen molar-refractivity contribution in [1.29, 1.82) is 0 Å². The Hall–Kier alpha value is -0.675. The van der Waals surface area contributed by atoms with E-state index in [1.54, 1.807) is 12.1 Å².